The van der Waals surface area contributed by atoms with Gasteiger partial charge in [0.15, 0.2) is 23.8 Å². The van der Waals surface area contributed by atoms with Crippen LogP contribution in [-0.4, -0.2) is 53.3 Å². The number of epoxide rings is 1. The van der Waals surface area contributed by atoms with Gasteiger partial charge in [0.2, 0.25) is 5.78 Å². The van der Waals surface area contributed by atoms with Crippen molar-refractivity contribution in [2.24, 2.45) is 22.7 Å². The van der Waals surface area contributed by atoms with Crippen molar-refractivity contribution in [2.75, 3.05) is 6.61 Å². The highest BCUT2D eigenvalue weighted by Gasteiger charge is 2.84. The van der Waals surface area contributed by atoms with E-state index in [1.165, 1.54) is 6.92 Å². The quantitative estimate of drug-likeness (QED) is 0.476. The number of esters is 1. The average molecular weight is 457 g/mol. The Balaban J connectivity index is 1.42. The molecule has 6 rings (SSSR count). The fraction of sp³-hybridized carbons (Fsp3) is 0.731. The Morgan fingerprint density at radius 3 is 2.61 bits per heavy atom. The number of ketones is 2. The Bertz CT molecular complexity index is 1040. The van der Waals surface area contributed by atoms with Crippen LogP contribution in [0.5, 0.6) is 0 Å². The van der Waals surface area contributed by atoms with Crippen molar-refractivity contribution in [3.05, 3.63) is 23.8 Å². The summed E-state index contributed by atoms with van der Waals surface area (Å²) in [7, 11) is 0. The van der Waals surface area contributed by atoms with E-state index in [2.05, 4.69) is 13.8 Å². The molecule has 8 atom stereocenters. The molecule has 2 heterocycles. The lowest BCUT2D eigenvalue weighted by atomic mass is 9.46. The molecule has 0 N–H and O–H groups in total. The molecule has 7 heteroatoms. The predicted molar refractivity (Wildman–Crippen MR) is 116 cm³/mol. The lowest BCUT2D eigenvalue weighted by Gasteiger charge is -2.56. The van der Waals surface area contributed by atoms with E-state index in [1.54, 1.807) is 12.2 Å². The summed E-state index contributed by atoms with van der Waals surface area (Å²) in [4.78, 5) is 37.3. The molecule has 6 aliphatic rings. The van der Waals surface area contributed by atoms with Crippen molar-refractivity contribution in [3.8, 4) is 0 Å². The third-order valence-corrected chi connectivity index (χ3v) is 9.75. The van der Waals surface area contributed by atoms with Crippen LogP contribution in [-0.2, 0) is 33.3 Å². The zero-order valence-corrected chi connectivity index (χ0v) is 19.9. The van der Waals surface area contributed by atoms with E-state index in [4.69, 9.17) is 18.9 Å². The van der Waals surface area contributed by atoms with Crippen LogP contribution in [0.15, 0.2) is 23.8 Å². The molecule has 0 aromatic heterocycles. The highest BCUT2D eigenvalue weighted by Crippen LogP contribution is 2.77. The van der Waals surface area contributed by atoms with E-state index >= 15 is 0 Å². The second kappa shape index (κ2) is 6.23. The molecule has 0 radical (unpaired) electrons. The van der Waals surface area contributed by atoms with Crippen molar-refractivity contribution in [2.45, 2.75) is 89.5 Å². The van der Waals surface area contributed by atoms with Crippen LogP contribution in [0.1, 0.15) is 60.3 Å². The van der Waals surface area contributed by atoms with Crippen molar-refractivity contribution >= 4 is 17.5 Å². The molecular weight excluding hydrogens is 424 g/mol. The van der Waals surface area contributed by atoms with Crippen LogP contribution >= 0.6 is 0 Å². The number of rotatable bonds is 3. The van der Waals surface area contributed by atoms with E-state index in [9.17, 15) is 14.4 Å². The number of hydrogen-bond acceptors (Lipinski definition) is 7. The molecule has 0 aromatic rings. The third-order valence-electron chi connectivity index (χ3n) is 9.75. The molecule has 33 heavy (non-hydrogen) atoms. The monoisotopic (exact) mass is 456 g/mol. The second-order valence-electron chi connectivity index (χ2n) is 11.7. The highest BCUT2D eigenvalue weighted by atomic mass is 16.8. The maximum atomic E-state index is 13.7. The Morgan fingerprint density at radius 1 is 1.12 bits per heavy atom. The first-order chi connectivity index (χ1) is 15.4. The lowest BCUT2D eigenvalue weighted by molar-refractivity contribution is -0.212. The van der Waals surface area contributed by atoms with Gasteiger partial charge in [-0.1, -0.05) is 18.6 Å². The number of carbonyl (C=O) groups is 3. The van der Waals surface area contributed by atoms with E-state index in [-0.39, 0.29) is 47.1 Å². The first-order valence-electron chi connectivity index (χ1n) is 12.1. The minimum atomic E-state index is -1.18. The standard InChI is InChI=1S/C26H32O7/c1-14(27)30-13-19(29)26-20(31-22(2,3)33-26)11-18-17-7-6-15-10-16(28)8-9-23(15,4)25(17)21(32-25)12-24(18,26)5/h8-10,17-18,20-21H,6-7,11-13H2,1-5H3/t17?,18?,20-,21+,23+,24+,25-,26-/m1/s1. The largest absolute Gasteiger partial charge is 0.458 e. The predicted octanol–water partition coefficient (Wildman–Crippen LogP) is 3.06. The van der Waals surface area contributed by atoms with Crippen LogP contribution in [0.4, 0.5) is 0 Å². The lowest BCUT2D eigenvalue weighted by Crippen LogP contribution is -2.63. The molecular formula is C26H32O7. The molecule has 0 bridgehead atoms. The summed E-state index contributed by atoms with van der Waals surface area (Å²) >= 11 is 0. The molecule has 0 aromatic carbocycles. The van der Waals surface area contributed by atoms with Gasteiger partial charge in [-0.15, -0.1) is 0 Å². The molecule has 3 saturated carbocycles. The fourth-order valence-corrected chi connectivity index (χ4v) is 8.52. The first-order valence-corrected chi connectivity index (χ1v) is 12.1. The minimum absolute atomic E-state index is 0.0280. The smallest absolute Gasteiger partial charge is 0.303 e. The molecule has 1 spiro atoms. The average Bonchev–Trinajstić information content (AvgIpc) is 3.30. The summed E-state index contributed by atoms with van der Waals surface area (Å²) in [6, 6.07) is 0. The van der Waals surface area contributed by atoms with Crippen LogP contribution in [0.2, 0.25) is 0 Å². The minimum Gasteiger partial charge on any atom is -0.458 e. The molecule has 2 saturated heterocycles. The number of hydrogen-bond donors (Lipinski definition) is 0. The SMILES string of the molecule is CC(=O)OCC(=O)[C@@]12OC(C)(C)O[C@@H]1CC1C3CCC4=CC(=O)C=C[C@]4(C)[C@@]34O[C@H]4C[C@@]12C. The van der Waals surface area contributed by atoms with E-state index in [0.29, 0.717) is 12.8 Å². The van der Waals surface area contributed by atoms with Crippen LogP contribution in [0, 0.1) is 22.7 Å². The van der Waals surface area contributed by atoms with E-state index in [0.717, 1.165) is 18.4 Å². The summed E-state index contributed by atoms with van der Waals surface area (Å²) in [5.74, 6) is -1.18. The van der Waals surface area contributed by atoms with E-state index in [1.807, 2.05) is 19.9 Å². The summed E-state index contributed by atoms with van der Waals surface area (Å²) in [6.07, 6.45) is 8.21. The number of ether oxygens (including phenoxy) is 4. The maximum absolute atomic E-state index is 13.7. The molecule has 5 fully saturated rings. The molecule has 178 valence electrons. The van der Waals surface area contributed by atoms with Gasteiger partial charge in [-0.05, 0) is 70.4 Å². The maximum Gasteiger partial charge on any atom is 0.303 e. The second-order valence-corrected chi connectivity index (χ2v) is 11.7. The van der Waals surface area contributed by atoms with Gasteiger partial charge in [0.25, 0.3) is 0 Å². The number of Topliss-reactive ketones (excluding diaryl/α,β-unsaturated/α-hetero) is 1. The normalized spacial score (nSPS) is 50.3. The van der Waals surface area contributed by atoms with Crippen LogP contribution < -0.4 is 0 Å². The zero-order chi connectivity index (χ0) is 23.6. The Morgan fingerprint density at radius 2 is 1.88 bits per heavy atom. The topological polar surface area (TPSA) is 91.4 Å². The van der Waals surface area contributed by atoms with Gasteiger partial charge in [0, 0.05) is 17.8 Å². The zero-order valence-electron chi connectivity index (χ0n) is 19.9. The molecule has 4 aliphatic carbocycles. The summed E-state index contributed by atoms with van der Waals surface area (Å²) < 4.78 is 24.6. The van der Waals surface area contributed by atoms with Gasteiger partial charge in [0.05, 0.1) is 12.2 Å². The molecule has 0 amide bonds. The third kappa shape index (κ3) is 2.43. The van der Waals surface area contributed by atoms with Crippen LogP contribution in [0.25, 0.3) is 0 Å². The fourth-order valence-electron chi connectivity index (χ4n) is 8.52. The number of carbonyl (C=O) groups excluding carboxylic acids is 3. The van der Waals surface area contributed by atoms with Gasteiger partial charge in [0.1, 0.15) is 5.60 Å². The van der Waals surface area contributed by atoms with Gasteiger partial charge in [-0.3, -0.25) is 14.4 Å². The van der Waals surface area contributed by atoms with Crippen molar-refractivity contribution in [1.82, 2.24) is 0 Å². The van der Waals surface area contributed by atoms with Gasteiger partial charge in [-0.25, -0.2) is 0 Å². The van der Waals surface area contributed by atoms with Crippen molar-refractivity contribution in [1.29, 1.82) is 0 Å². The van der Waals surface area contributed by atoms with Gasteiger partial charge >= 0.3 is 5.97 Å². The number of allylic oxidation sites excluding steroid dienone is 2. The molecule has 2 aliphatic heterocycles. The Hall–Kier alpha value is -1.83. The summed E-state index contributed by atoms with van der Waals surface area (Å²) in [5, 5.41) is 0. The van der Waals surface area contributed by atoms with Crippen LogP contribution in [0.3, 0.4) is 0 Å². The highest BCUT2D eigenvalue weighted by molar-refractivity contribution is 6.01. The van der Waals surface area contributed by atoms with E-state index < -0.39 is 28.9 Å². The Labute approximate surface area is 193 Å². The first kappa shape index (κ1) is 21.7. The number of fused-ring (bicyclic) bond motifs is 5. The summed E-state index contributed by atoms with van der Waals surface area (Å²) in [6.45, 7) is 9.02. The van der Waals surface area contributed by atoms with Gasteiger partial charge < -0.3 is 18.9 Å². The molecule has 2 unspecified atom stereocenters. The van der Waals surface area contributed by atoms with Gasteiger partial charge in [-0.2, -0.15) is 0 Å². The van der Waals surface area contributed by atoms with Crippen molar-refractivity contribution < 1.29 is 33.3 Å². The van der Waals surface area contributed by atoms with Crippen molar-refractivity contribution in [3.63, 3.8) is 0 Å². The summed E-state index contributed by atoms with van der Waals surface area (Å²) in [5.41, 5.74) is -1.20. The molecule has 7 nitrogen and oxygen atoms in total. The Kier molecular flexibility index (Phi) is 4.10.